The fraction of sp³-hybridized carbons (Fsp3) is 0.565. The highest BCUT2D eigenvalue weighted by molar-refractivity contribution is 6.06. The fourth-order valence-electron chi connectivity index (χ4n) is 4.19. The Bertz CT molecular complexity index is 857. The number of anilines is 1. The van der Waals surface area contributed by atoms with Gasteiger partial charge in [0.05, 0.1) is 6.54 Å². The van der Waals surface area contributed by atoms with Crippen molar-refractivity contribution in [2.45, 2.75) is 64.0 Å². The summed E-state index contributed by atoms with van der Waals surface area (Å²) in [6, 6.07) is 4.66. The number of nitrogens with two attached hydrogens (primary N) is 1. The lowest BCUT2D eigenvalue weighted by molar-refractivity contribution is -0.137. The highest BCUT2D eigenvalue weighted by atomic mass is 16.2. The van der Waals surface area contributed by atoms with E-state index in [1.807, 2.05) is 6.07 Å². The van der Waals surface area contributed by atoms with E-state index in [0.717, 1.165) is 44.2 Å². The lowest BCUT2D eigenvalue weighted by Gasteiger charge is -2.29. The topological polar surface area (TPSA) is 134 Å². The molecule has 1 aromatic carbocycles. The highest BCUT2D eigenvalue weighted by Crippen LogP contribution is 2.32. The van der Waals surface area contributed by atoms with Crippen LogP contribution in [0.3, 0.4) is 0 Å². The Balaban J connectivity index is 1.46. The molecule has 9 nitrogen and oxygen atoms in total. The van der Waals surface area contributed by atoms with Crippen molar-refractivity contribution in [2.75, 3.05) is 25.0 Å². The number of amides is 4. The quantitative estimate of drug-likeness (QED) is 0.284. The molecule has 1 fully saturated rings. The molecular weight excluding hydrogens is 410 g/mol. The van der Waals surface area contributed by atoms with Crippen LogP contribution in [0.5, 0.6) is 0 Å². The molecule has 2 heterocycles. The van der Waals surface area contributed by atoms with E-state index in [2.05, 4.69) is 16.0 Å². The van der Waals surface area contributed by atoms with E-state index in [1.54, 1.807) is 12.1 Å². The Hall–Kier alpha value is -2.94. The Morgan fingerprint density at radius 2 is 1.84 bits per heavy atom. The molecule has 174 valence electrons. The number of carbonyl (C=O) groups is 4. The molecular formula is C23H33N5O4. The second kappa shape index (κ2) is 11.6. The maximum Gasteiger partial charge on any atom is 0.255 e. The first kappa shape index (κ1) is 23.7. The predicted octanol–water partition coefficient (Wildman–Crippen LogP) is 1.27. The average Bonchev–Trinajstić information content (AvgIpc) is 3.11. The van der Waals surface area contributed by atoms with E-state index >= 15 is 0 Å². The molecule has 5 N–H and O–H groups in total. The number of unbranched alkanes of at least 4 members (excludes halogenated alkanes) is 5. The van der Waals surface area contributed by atoms with Crippen LogP contribution in [-0.4, -0.2) is 54.2 Å². The summed E-state index contributed by atoms with van der Waals surface area (Å²) in [4.78, 5) is 50.2. The molecule has 2 aliphatic rings. The van der Waals surface area contributed by atoms with Gasteiger partial charge >= 0.3 is 0 Å². The number of rotatable bonds is 12. The fourth-order valence-corrected chi connectivity index (χ4v) is 4.19. The molecule has 0 aliphatic carbocycles. The second-order valence-electron chi connectivity index (χ2n) is 8.35. The molecule has 0 radical (unpaired) electrons. The first-order chi connectivity index (χ1) is 15.5. The molecule has 0 spiro atoms. The van der Waals surface area contributed by atoms with Crippen LogP contribution in [0.15, 0.2) is 18.2 Å². The Morgan fingerprint density at radius 1 is 1.09 bits per heavy atom. The maximum atomic E-state index is 12.8. The summed E-state index contributed by atoms with van der Waals surface area (Å²) < 4.78 is 0. The molecule has 4 amide bonds. The van der Waals surface area contributed by atoms with Crippen LogP contribution in [0, 0.1) is 0 Å². The van der Waals surface area contributed by atoms with Crippen molar-refractivity contribution in [3.63, 3.8) is 0 Å². The first-order valence-electron chi connectivity index (χ1n) is 11.5. The minimum absolute atomic E-state index is 0.0999. The largest absolute Gasteiger partial charge is 0.376 e. The van der Waals surface area contributed by atoms with E-state index in [-0.39, 0.29) is 37.2 Å². The van der Waals surface area contributed by atoms with Crippen molar-refractivity contribution in [3.05, 3.63) is 29.3 Å². The van der Waals surface area contributed by atoms with Crippen LogP contribution in [0.1, 0.15) is 67.3 Å². The average molecular weight is 444 g/mol. The highest BCUT2D eigenvalue weighted by Gasteiger charge is 2.39. The van der Waals surface area contributed by atoms with Gasteiger partial charge in [-0.2, -0.15) is 0 Å². The summed E-state index contributed by atoms with van der Waals surface area (Å²) in [6.45, 7) is 1.78. The zero-order valence-electron chi connectivity index (χ0n) is 18.5. The molecule has 1 aromatic rings. The summed E-state index contributed by atoms with van der Waals surface area (Å²) in [5.74, 6) is -1.07. The van der Waals surface area contributed by atoms with Crippen LogP contribution < -0.4 is 21.7 Å². The zero-order chi connectivity index (χ0) is 22.9. The molecule has 2 aliphatic heterocycles. The second-order valence-corrected chi connectivity index (χ2v) is 8.35. The van der Waals surface area contributed by atoms with Gasteiger partial charge in [0.15, 0.2) is 0 Å². The van der Waals surface area contributed by atoms with Gasteiger partial charge in [-0.3, -0.25) is 24.5 Å². The SMILES string of the molecule is NCCCCCCCCNC(=O)CNc1cccc2c1CN(C1CCC(=O)NC1=O)C2=O. The van der Waals surface area contributed by atoms with Gasteiger partial charge in [0.1, 0.15) is 6.04 Å². The number of hydrogen-bond acceptors (Lipinski definition) is 6. The number of piperidine rings is 1. The van der Waals surface area contributed by atoms with E-state index in [4.69, 9.17) is 5.73 Å². The molecule has 1 saturated heterocycles. The molecule has 9 heteroatoms. The molecule has 32 heavy (non-hydrogen) atoms. The van der Waals surface area contributed by atoms with Gasteiger partial charge in [0.2, 0.25) is 17.7 Å². The van der Waals surface area contributed by atoms with E-state index in [0.29, 0.717) is 24.2 Å². The van der Waals surface area contributed by atoms with Crippen LogP contribution >= 0.6 is 0 Å². The van der Waals surface area contributed by atoms with E-state index in [1.165, 1.54) is 11.3 Å². The van der Waals surface area contributed by atoms with Gasteiger partial charge in [-0.25, -0.2) is 0 Å². The number of nitrogens with one attached hydrogen (secondary N) is 3. The third-order valence-electron chi connectivity index (χ3n) is 5.97. The minimum Gasteiger partial charge on any atom is -0.376 e. The Morgan fingerprint density at radius 3 is 2.59 bits per heavy atom. The van der Waals surface area contributed by atoms with Gasteiger partial charge in [0.25, 0.3) is 5.91 Å². The monoisotopic (exact) mass is 443 g/mol. The number of benzene rings is 1. The summed E-state index contributed by atoms with van der Waals surface area (Å²) in [5, 5.41) is 8.35. The third-order valence-corrected chi connectivity index (χ3v) is 5.97. The smallest absolute Gasteiger partial charge is 0.255 e. The predicted molar refractivity (Wildman–Crippen MR) is 121 cm³/mol. The van der Waals surface area contributed by atoms with Gasteiger partial charge in [-0.15, -0.1) is 0 Å². The third kappa shape index (κ3) is 6.06. The molecule has 0 aromatic heterocycles. The van der Waals surface area contributed by atoms with E-state index in [9.17, 15) is 19.2 Å². The molecule has 0 saturated carbocycles. The van der Waals surface area contributed by atoms with Gasteiger partial charge < -0.3 is 21.3 Å². The van der Waals surface area contributed by atoms with Crippen molar-refractivity contribution in [1.29, 1.82) is 0 Å². The van der Waals surface area contributed by atoms with Crippen molar-refractivity contribution in [3.8, 4) is 0 Å². The van der Waals surface area contributed by atoms with Crippen molar-refractivity contribution in [2.24, 2.45) is 5.73 Å². The summed E-state index contributed by atoms with van der Waals surface area (Å²) in [6.07, 6.45) is 7.15. The normalized spacial score (nSPS) is 17.8. The van der Waals surface area contributed by atoms with Crippen LogP contribution in [0.2, 0.25) is 0 Å². The Kier molecular flexibility index (Phi) is 8.61. The number of imide groups is 1. The van der Waals surface area contributed by atoms with Gasteiger partial charge in [0, 0.05) is 36.3 Å². The summed E-state index contributed by atoms with van der Waals surface area (Å²) in [7, 11) is 0. The standard InChI is InChI=1S/C23H33N5O4/c24-12-5-3-1-2-4-6-13-25-21(30)14-26-18-9-7-8-16-17(18)15-28(23(16)32)19-10-11-20(29)27-22(19)31/h7-9,19,26H,1-6,10-15,24H2,(H,25,30)(H,27,29,31). The van der Waals surface area contributed by atoms with Gasteiger partial charge in [-0.1, -0.05) is 31.7 Å². The molecule has 3 rings (SSSR count). The molecule has 0 bridgehead atoms. The number of hydrogen-bond donors (Lipinski definition) is 4. The van der Waals surface area contributed by atoms with Crippen LogP contribution in [0.25, 0.3) is 0 Å². The molecule has 1 atom stereocenters. The van der Waals surface area contributed by atoms with Crippen molar-refractivity contribution in [1.82, 2.24) is 15.5 Å². The van der Waals surface area contributed by atoms with Gasteiger partial charge in [-0.05, 0) is 37.9 Å². The first-order valence-corrected chi connectivity index (χ1v) is 11.5. The van der Waals surface area contributed by atoms with Crippen LogP contribution in [0.4, 0.5) is 5.69 Å². The zero-order valence-corrected chi connectivity index (χ0v) is 18.5. The summed E-state index contributed by atoms with van der Waals surface area (Å²) in [5.41, 5.74) is 7.49. The van der Waals surface area contributed by atoms with Crippen molar-refractivity contribution < 1.29 is 19.2 Å². The van der Waals surface area contributed by atoms with Crippen LogP contribution in [-0.2, 0) is 20.9 Å². The lowest BCUT2D eigenvalue weighted by Crippen LogP contribution is -2.52. The molecule has 1 unspecified atom stereocenters. The minimum atomic E-state index is -0.654. The number of fused-ring (bicyclic) bond motifs is 1. The van der Waals surface area contributed by atoms with Crippen molar-refractivity contribution >= 4 is 29.3 Å². The van der Waals surface area contributed by atoms with E-state index < -0.39 is 11.9 Å². The summed E-state index contributed by atoms with van der Waals surface area (Å²) >= 11 is 0. The number of nitrogens with zero attached hydrogens (tertiary/aromatic N) is 1. The number of carbonyl (C=O) groups excluding carboxylic acids is 4. The maximum absolute atomic E-state index is 12.8. The Labute approximate surface area is 188 Å². The lowest BCUT2D eigenvalue weighted by atomic mass is 10.0.